The molecule has 0 bridgehead atoms. The van der Waals surface area contributed by atoms with Gasteiger partial charge in [-0.25, -0.2) is 24.0 Å². The summed E-state index contributed by atoms with van der Waals surface area (Å²) >= 11 is 0. The van der Waals surface area contributed by atoms with E-state index < -0.39 is 47.4 Å². The monoisotopic (exact) mass is 624 g/mol. The molecule has 45 heavy (non-hydrogen) atoms. The molecular weight excluding hydrogens is 596 g/mol. The van der Waals surface area contributed by atoms with Crippen molar-refractivity contribution in [3.8, 4) is 0 Å². The van der Waals surface area contributed by atoms with Crippen molar-refractivity contribution in [3.63, 3.8) is 0 Å². The second-order valence-electron chi connectivity index (χ2n) is 9.93. The van der Waals surface area contributed by atoms with Gasteiger partial charge < -0.3 is 38.6 Å². The molecule has 3 heterocycles. The minimum Gasteiger partial charge on any atom is -0.508 e. The van der Waals surface area contributed by atoms with Crippen molar-refractivity contribution in [1.29, 1.82) is 0 Å². The lowest BCUT2D eigenvalue weighted by Gasteiger charge is -2.45. The van der Waals surface area contributed by atoms with E-state index in [4.69, 9.17) is 23.7 Å². The summed E-state index contributed by atoms with van der Waals surface area (Å²) in [4.78, 5) is 72.4. The fourth-order valence-corrected chi connectivity index (χ4v) is 4.45. The lowest BCUT2D eigenvalue weighted by atomic mass is 9.87. The summed E-state index contributed by atoms with van der Waals surface area (Å²) in [6.07, 6.45) is 13.7. The first-order chi connectivity index (χ1) is 21.5. The molecule has 1 saturated carbocycles. The lowest BCUT2D eigenvalue weighted by molar-refractivity contribution is -0.291. The first-order valence-electron chi connectivity index (χ1n) is 13.6. The number of hydrogen-bond acceptors (Lipinski definition) is 14. The number of aliphatic hydroxyl groups is 2. The Hall–Kier alpha value is -5.66. The van der Waals surface area contributed by atoms with Gasteiger partial charge in [-0.15, -0.1) is 0 Å². The van der Waals surface area contributed by atoms with E-state index in [0.29, 0.717) is 11.9 Å². The highest BCUT2D eigenvalue weighted by atomic mass is 16.8. The average molecular weight is 625 g/mol. The summed E-state index contributed by atoms with van der Waals surface area (Å²) in [5.74, 6) is -8.28. The van der Waals surface area contributed by atoms with E-state index in [2.05, 4.69) is 4.74 Å². The van der Waals surface area contributed by atoms with Gasteiger partial charge in [0.2, 0.25) is 0 Å². The minimum absolute atomic E-state index is 0.00559. The molecule has 4 rings (SSSR count). The Bertz CT molecular complexity index is 1490. The highest BCUT2D eigenvalue weighted by molar-refractivity contribution is 6.16. The van der Waals surface area contributed by atoms with E-state index in [9.17, 15) is 39.0 Å². The zero-order valence-corrected chi connectivity index (χ0v) is 23.9. The zero-order valence-electron chi connectivity index (χ0n) is 23.9. The van der Waals surface area contributed by atoms with Crippen LogP contribution in [-0.4, -0.2) is 71.1 Å². The van der Waals surface area contributed by atoms with E-state index in [1.807, 2.05) is 0 Å². The van der Waals surface area contributed by atoms with Crippen LogP contribution in [0.3, 0.4) is 0 Å². The molecule has 0 radical (unpaired) electrons. The van der Waals surface area contributed by atoms with Gasteiger partial charge in [0.15, 0.2) is 6.29 Å². The van der Waals surface area contributed by atoms with Gasteiger partial charge in [-0.05, 0) is 25.2 Å². The molecule has 4 aliphatic rings. The third-order valence-electron chi connectivity index (χ3n) is 6.84. The molecule has 2 spiro atoms. The van der Waals surface area contributed by atoms with Crippen LogP contribution in [0.2, 0.25) is 0 Å². The smallest absolute Gasteiger partial charge is 0.348 e. The largest absolute Gasteiger partial charge is 0.508 e. The predicted octanol–water partition coefficient (Wildman–Crippen LogP) is 2.60. The third kappa shape index (κ3) is 7.65. The van der Waals surface area contributed by atoms with Gasteiger partial charge in [0, 0.05) is 31.3 Å². The number of carbonyl (C=O) groups is 6. The van der Waals surface area contributed by atoms with Crippen molar-refractivity contribution in [2.24, 2.45) is 0 Å². The fourth-order valence-electron chi connectivity index (χ4n) is 4.45. The molecule has 14 heteroatoms. The van der Waals surface area contributed by atoms with Gasteiger partial charge in [-0.3, -0.25) is 4.79 Å². The van der Waals surface area contributed by atoms with Crippen LogP contribution < -0.4 is 0 Å². The molecule has 1 aliphatic carbocycles. The van der Waals surface area contributed by atoms with Gasteiger partial charge in [0.25, 0.3) is 17.5 Å². The summed E-state index contributed by atoms with van der Waals surface area (Å²) in [6, 6.07) is 0. The Balaban J connectivity index is 1.31. The number of aldehydes is 1. The van der Waals surface area contributed by atoms with E-state index in [1.165, 1.54) is 60.8 Å². The van der Waals surface area contributed by atoms with E-state index in [0.717, 1.165) is 0 Å². The second kappa shape index (κ2) is 13.8. The lowest BCUT2D eigenvalue weighted by Crippen LogP contribution is -2.56. The van der Waals surface area contributed by atoms with E-state index >= 15 is 0 Å². The number of esters is 5. The summed E-state index contributed by atoms with van der Waals surface area (Å²) < 4.78 is 31.2. The van der Waals surface area contributed by atoms with E-state index in [1.54, 1.807) is 6.92 Å². The van der Waals surface area contributed by atoms with Crippen LogP contribution >= 0.6 is 0 Å². The molecule has 14 nitrogen and oxygen atoms in total. The molecule has 0 aromatic rings. The Morgan fingerprint density at radius 1 is 0.756 bits per heavy atom. The average Bonchev–Trinajstić information content (AvgIpc) is 3.32. The third-order valence-corrected chi connectivity index (χ3v) is 6.84. The maximum absolute atomic E-state index is 12.7. The molecule has 0 aromatic carbocycles. The molecule has 2 N–H and O–H groups in total. The van der Waals surface area contributed by atoms with Crippen LogP contribution in [0.1, 0.15) is 32.6 Å². The predicted molar refractivity (Wildman–Crippen MR) is 149 cm³/mol. The summed E-state index contributed by atoms with van der Waals surface area (Å²) in [7, 11) is 0. The molecule has 3 fully saturated rings. The number of cyclic esters (lactones) is 1. The van der Waals surface area contributed by atoms with Crippen LogP contribution in [0.5, 0.6) is 0 Å². The molecule has 0 aromatic heterocycles. The molecule has 236 valence electrons. The number of ether oxygens (including phenoxy) is 6. The maximum Gasteiger partial charge on any atom is 0.348 e. The Labute approximate surface area is 255 Å². The van der Waals surface area contributed by atoms with Crippen molar-refractivity contribution in [3.05, 3.63) is 94.8 Å². The maximum atomic E-state index is 12.7. The molecule has 0 unspecified atom stereocenters. The number of hydrogen-bond donors (Lipinski definition) is 2. The van der Waals surface area contributed by atoms with Crippen LogP contribution in [0.4, 0.5) is 0 Å². The first-order valence-corrected chi connectivity index (χ1v) is 13.6. The Morgan fingerprint density at radius 3 is 1.69 bits per heavy atom. The molecule has 3 aliphatic heterocycles. The quantitative estimate of drug-likeness (QED) is 0.0722. The van der Waals surface area contributed by atoms with Gasteiger partial charge in [-0.1, -0.05) is 42.5 Å². The van der Waals surface area contributed by atoms with Gasteiger partial charge in [-0.2, -0.15) is 0 Å². The highest BCUT2D eigenvalue weighted by Crippen LogP contribution is 2.45. The standard InChI is InChI=1S/C31H28O14/c1-19(24(34)40-17-16-32)8-4-2-6-10-21-26(36)42-30(43-27(21)37)12-14-31(15-13-30)44-28(38)22(29(39)45-31)11-7-3-5-9-20-23(33)18-41-25(20)35/h2-11,16,33-34H,12-15,17-18H2,1H3/b6-2+,7-3+,8-4+,9-5+,21-10?,22-11?,24-19+. The number of aliphatic hydroxyl groups excluding tert-OH is 2. The van der Waals surface area contributed by atoms with Crippen molar-refractivity contribution < 1.29 is 67.4 Å². The number of carbonyl (C=O) groups excluding carboxylic acids is 6. The molecule has 2 saturated heterocycles. The summed E-state index contributed by atoms with van der Waals surface area (Å²) in [5.41, 5.74) is -0.413. The van der Waals surface area contributed by atoms with Crippen LogP contribution in [0.25, 0.3) is 0 Å². The molecule has 0 amide bonds. The van der Waals surface area contributed by atoms with Crippen molar-refractivity contribution in [2.75, 3.05) is 13.2 Å². The highest BCUT2D eigenvalue weighted by Gasteiger charge is 2.56. The molecule has 0 atom stereocenters. The minimum atomic E-state index is -1.63. The molecular formula is C31H28O14. The number of allylic oxidation sites excluding steroid dienone is 10. The van der Waals surface area contributed by atoms with E-state index in [-0.39, 0.29) is 61.4 Å². The first kappa shape index (κ1) is 32.3. The summed E-state index contributed by atoms with van der Waals surface area (Å²) in [6.45, 7) is 1.04. The van der Waals surface area contributed by atoms with Crippen molar-refractivity contribution in [2.45, 2.75) is 44.2 Å². The topological polar surface area (TPSA) is 198 Å². The van der Waals surface area contributed by atoms with Crippen LogP contribution in [0.15, 0.2) is 94.8 Å². The summed E-state index contributed by atoms with van der Waals surface area (Å²) in [5, 5.41) is 19.2. The number of rotatable bonds is 9. The normalized spacial score (nSPS) is 26.0. The van der Waals surface area contributed by atoms with Crippen LogP contribution in [-0.2, 0) is 57.2 Å². The Morgan fingerprint density at radius 2 is 1.24 bits per heavy atom. The van der Waals surface area contributed by atoms with Crippen LogP contribution in [0, 0.1) is 0 Å². The van der Waals surface area contributed by atoms with Gasteiger partial charge >= 0.3 is 29.8 Å². The van der Waals surface area contributed by atoms with Crippen molar-refractivity contribution in [1.82, 2.24) is 0 Å². The Kier molecular flexibility index (Phi) is 9.86. The van der Waals surface area contributed by atoms with Crippen molar-refractivity contribution >= 4 is 36.1 Å². The fraction of sp³-hybridized carbons (Fsp3) is 0.290. The second-order valence-corrected chi connectivity index (χ2v) is 9.93. The van der Waals surface area contributed by atoms with Gasteiger partial charge in [0.05, 0.1) is 0 Å². The SMILES string of the molecule is CC(/C=C/C=C/C=C1C(=O)OC2(CCC3(CC2)OC(=O)C(=C/C=C/C=C/C2=C(O)COC2=O)C(=O)O3)OC1=O)=C(/O)OCC=O. The zero-order chi connectivity index (χ0) is 32.6. The van der Waals surface area contributed by atoms with Gasteiger partial charge in [0.1, 0.15) is 35.7 Å².